The molecule has 4 rings (SSSR count). The van der Waals surface area contributed by atoms with Crippen molar-refractivity contribution in [3.63, 3.8) is 0 Å². The number of halogens is 2. The third-order valence-corrected chi connectivity index (χ3v) is 6.05. The second kappa shape index (κ2) is 9.33. The zero-order valence-electron chi connectivity index (χ0n) is 16.5. The van der Waals surface area contributed by atoms with Crippen LogP contribution in [-0.4, -0.2) is 78.2 Å². The molecule has 2 aromatic rings. The SMILES string of the molecule is O=C(c1ccc(Cl)cc1[N+](=O)[O-])N1CCN(c2nc(N3CCOCC3)ncc2Br)CC1. The number of ether oxygens (including phenoxy) is 1. The number of carbonyl (C=O) groups excluding carboxylic acids is 1. The van der Waals surface area contributed by atoms with E-state index in [9.17, 15) is 14.9 Å². The number of hydrogen-bond acceptors (Lipinski definition) is 8. The van der Waals surface area contributed by atoms with Crippen molar-refractivity contribution in [1.82, 2.24) is 14.9 Å². The lowest BCUT2D eigenvalue weighted by molar-refractivity contribution is -0.385. The van der Waals surface area contributed by atoms with Crippen LogP contribution in [0.2, 0.25) is 5.02 Å². The lowest BCUT2D eigenvalue weighted by Gasteiger charge is -2.36. The zero-order valence-corrected chi connectivity index (χ0v) is 18.9. The van der Waals surface area contributed by atoms with E-state index in [1.165, 1.54) is 18.2 Å². The molecule has 1 amide bonds. The number of nitro benzene ring substituents is 1. The molecule has 0 radical (unpaired) electrons. The summed E-state index contributed by atoms with van der Waals surface area (Å²) >= 11 is 9.38. The molecule has 31 heavy (non-hydrogen) atoms. The second-order valence-electron chi connectivity index (χ2n) is 7.14. The normalized spacial score (nSPS) is 17.0. The highest BCUT2D eigenvalue weighted by atomic mass is 79.9. The number of rotatable bonds is 4. The molecule has 0 N–H and O–H groups in total. The van der Waals surface area contributed by atoms with Gasteiger partial charge in [0.05, 0.1) is 22.6 Å². The zero-order chi connectivity index (χ0) is 22.0. The molecular weight excluding hydrogens is 492 g/mol. The Kier molecular flexibility index (Phi) is 6.54. The highest BCUT2D eigenvalue weighted by molar-refractivity contribution is 9.10. The highest BCUT2D eigenvalue weighted by Gasteiger charge is 2.29. The van der Waals surface area contributed by atoms with Crippen LogP contribution >= 0.6 is 27.5 Å². The summed E-state index contributed by atoms with van der Waals surface area (Å²) in [5.74, 6) is 1.04. The van der Waals surface area contributed by atoms with Crippen LogP contribution in [0.1, 0.15) is 10.4 Å². The molecule has 164 valence electrons. The van der Waals surface area contributed by atoms with Crippen LogP contribution in [0, 0.1) is 10.1 Å². The molecule has 12 heteroatoms. The molecule has 2 fully saturated rings. The van der Waals surface area contributed by atoms with E-state index in [0.29, 0.717) is 45.3 Å². The van der Waals surface area contributed by atoms with E-state index in [0.717, 1.165) is 23.4 Å². The average molecular weight is 512 g/mol. The number of aromatic nitrogens is 2. The minimum Gasteiger partial charge on any atom is -0.378 e. The van der Waals surface area contributed by atoms with Crippen molar-refractivity contribution >= 4 is 50.9 Å². The van der Waals surface area contributed by atoms with Gasteiger partial charge in [0.25, 0.3) is 11.6 Å². The van der Waals surface area contributed by atoms with E-state index in [2.05, 4.69) is 30.7 Å². The first kappa shape index (κ1) is 21.7. The van der Waals surface area contributed by atoms with Crippen molar-refractivity contribution in [2.45, 2.75) is 0 Å². The van der Waals surface area contributed by atoms with Gasteiger partial charge in [-0.1, -0.05) is 11.6 Å². The third-order valence-electron chi connectivity index (χ3n) is 5.26. The fraction of sp³-hybridized carbons (Fsp3) is 0.421. The largest absolute Gasteiger partial charge is 0.378 e. The molecule has 1 aromatic heterocycles. The van der Waals surface area contributed by atoms with Gasteiger partial charge in [-0.15, -0.1) is 0 Å². The van der Waals surface area contributed by atoms with Crippen LogP contribution in [0.5, 0.6) is 0 Å². The van der Waals surface area contributed by atoms with E-state index in [-0.39, 0.29) is 22.2 Å². The molecule has 0 bridgehead atoms. The van der Waals surface area contributed by atoms with E-state index in [1.54, 1.807) is 11.1 Å². The molecule has 2 saturated heterocycles. The molecule has 0 unspecified atom stereocenters. The number of hydrogen-bond donors (Lipinski definition) is 0. The molecule has 1 aromatic carbocycles. The third kappa shape index (κ3) is 4.73. The number of morpholine rings is 1. The van der Waals surface area contributed by atoms with Crippen molar-refractivity contribution < 1.29 is 14.5 Å². The van der Waals surface area contributed by atoms with Gasteiger partial charge in [0.15, 0.2) is 0 Å². The van der Waals surface area contributed by atoms with E-state index in [4.69, 9.17) is 21.3 Å². The van der Waals surface area contributed by atoms with Gasteiger partial charge in [0, 0.05) is 56.6 Å². The Hall–Kier alpha value is -2.50. The van der Waals surface area contributed by atoms with Gasteiger partial charge in [-0.25, -0.2) is 4.98 Å². The standard InChI is InChI=1S/C19H20BrClN6O4/c20-15-12-22-19(26-7-9-31-10-8-26)23-17(15)24-3-5-25(6-4-24)18(28)14-2-1-13(21)11-16(14)27(29)30/h1-2,11-12H,3-10H2. The lowest BCUT2D eigenvalue weighted by Crippen LogP contribution is -2.49. The molecule has 0 saturated carbocycles. The van der Waals surface area contributed by atoms with Gasteiger partial charge >= 0.3 is 0 Å². The smallest absolute Gasteiger partial charge is 0.283 e. The monoisotopic (exact) mass is 510 g/mol. The molecule has 0 aliphatic carbocycles. The van der Waals surface area contributed by atoms with Gasteiger partial charge in [0.2, 0.25) is 5.95 Å². The first-order valence-electron chi connectivity index (χ1n) is 9.77. The molecule has 2 aliphatic heterocycles. The number of benzene rings is 1. The summed E-state index contributed by atoms with van der Waals surface area (Å²) in [6, 6.07) is 4.10. The van der Waals surface area contributed by atoms with Crippen LogP contribution in [0.15, 0.2) is 28.9 Å². The Labute approximate surface area is 192 Å². The average Bonchev–Trinajstić information content (AvgIpc) is 2.79. The molecule has 0 atom stereocenters. The van der Waals surface area contributed by atoms with Crippen molar-refractivity contribution in [3.8, 4) is 0 Å². The Morgan fingerprint density at radius 2 is 1.84 bits per heavy atom. The van der Waals surface area contributed by atoms with Crippen LogP contribution in [0.3, 0.4) is 0 Å². The summed E-state index contributed by atoms with van der Waals surface area (Å²) in [5, 5.41) is 11.6. The van der Waals surface area contributed by atoms with Crippen LogP contribution in [0.25, 0.3) is 0 Å². The fourth-order valence-electron chi connectivity index (χ4n) is 3.61. The second-order valence-corrected chi connectivity index (χ2v) is 8.43. The summed E-state index contributed by atoms with van der Waals surface area (Å²) in [6.07, 6.45) is 1.74. The molecule has 3 heterocycles. The summed E-state index contributed by atoms with van der Waals surface area (Å²) in [4.78, 5) is 38.6. The lowest BCUT2D eigenvalue weighted by atomic mass is 10.1. The van der Waals surface area contributed by atoms with Crippen molar-refractivity contribution in [2.24, 2.45) is 0 Å². The summed E-state index contributed by atoms with van der Waals surface area (Å²) < 4.78 is 6.16. The van der Waals surface area contributed by atoms with Gasteiger partial charge in [-0.05, 0) is 28.1 Å². The summed E-state index contributed by atoms with van der Waals surface area (Å²) in [5.41, 5.74) is -0.241. The maximum atomic E-state index is 12.9. The van der Waals surface area contributed by atoms with E-state index < -0.39 is 4.92 Å². The number of nitro groups is 1. The summed E-state index contributed by atoms with van der Waals surface area (Å²) in [6.45, 7) is 4.70. The number of amides is 1. The molecule has 2 aliphatic rings. The maximum absolute atomic E-state index is 12.9. The first-order valence-corrected chi connectivity index (χ1v) is 10.9. The predicted octanol–water partition coefficient (Wildman–Crippen LogP) is 2.60. The number of piperazine rings is 1. The number of anilines is 2. The predicted molar refractivity (Wildman–Crippen MR) is 119 cm³/mol. The van der Waals surface area contributed by atoms with Gasteiger partial charge in [-0.2, -0.15) is 4.98 Å². The minimum atomic E-state index is -0.583. The Morgan fingerprint density at radius 3 is 2.52 bits per heavy atom. The quantitative estimate of drug-likeness (QED) is 0.456. The van der Waals surface area contributed by atoms with E-state index >= 15 is 0 Å². The fourth-order valence-corrected chi connectivity index (χ4v) is 4.22. The van der Waals surface area contributed by atoms with Crippen LogP contribution < -0.4 is 9.80 Å². The Morgan fingerprint density at radius 1 is 1.13 bits per heavy atom. The Balaban J connectivity index is 1.47. The van der Waals surface area contributed by atoms with Gasteiger partial charge in [0.1, 0.15) is 11.4 Å². The van der Waals surface area contributed by atoms with Crippen molar-refractivity contribution in [2.75, 3.05) is 62.3 Å². The number of nitrogens with zero attached hydrogens (tertiary/aromatic N) is 6. The van der Waals surface area contributed by atoms with Crippen molar-refractivity contribution in [1.29, 1.82) is 0 Å². The highest BCUT2D eigenvalue weighted by Crippen LogP contribution is 2.28. The van der Waals surface area contributed by atoms with Gasteiger partial charge < -0.3 is 19.4 Å². The molecule has 0 spiro atoms. The number of carbonyl (C=O) groups is 1. The first-order chi connectivity index (χ1) is 14.9. The van der Waals surface area contributed by atoms with Crippen LogP contribution in [0.4, 0.5) is 17.5 Å². The summed E-state index contributed by atoms with van der Waals surface area (Å²) in [7, 11) is 0. The van der Waals surface area contributed by atoms with E-state index in [1.807, 2.05) is 0 Å². The minimum absolute atomic E-state index is 0.0423. The maximum Gasteiger partial charge on any atom is 0.283 e. The topological polar surface area (TPSA) is 105 Å². The molecular formula is C19H20BrClN6O4. The van der Waals surface area contributed by atoms with Crippen LogP contribution in [-0.2, 0) is 4.74 Å². The van der Waals surface area contributed by atoms with Gasteiger partial charge in [-0.3, -0.25) is 14.9 Å². The Bertz CT molecular complexity index is 995. The molecule has 10 nitrogen and oxygen atoms in total. The van der Waals surface area contributed by atoms with Crippen molar-refractivity contribution in [3.05, 3.63) is 49.6 Å².